The van der Waals surface area contributed by atoms with Crippen molar-refractivity contribution < 1.29 is 19.1 Å². The Hall–Kier alpha value is -3.02. The molecule has 1 aromatic carbocycles. The summed E-state index contributed by atoms with van der Waals surface area (Å²) in [6.45, 7) is 2.95. The SMILES string of the molecule is CC(=O)c1ccc(NC(=O)[C@@H](C)OC(=O)c2ccncc2)cc1. The average molecular weight is 312 g/mol. The number of nitrogens with one attached hydrogen (secondary N) is 1. The Morgan fingerprint density at radius 2 is 1.61 bits per heavy atom. The number of hydrogen-bond acceptors (Lipinski definition) is 5. The molecule has 0 bridgehead atoms. The third-order valence-electron chi connectivity index (χ3n) is 3.13. The first kappa shape index (κ1) is 16.4. The van der Waals surface area contributed by atoms with E-state index in [-0.39, 0.29) is 5.78 Å². The van der Waals surface area contributed by atoms with Crippen LogP contribution >= 0.6 is 0 Å². The first-order chi connectivity index (χ1) is 11.0. The number of ketones is 1. The summed E-state index contributed by atoms with van der Waals surface area (Å²) in [6.07, 6.45) is 1.98. The molecule has 1 aromatic heterocycles. The molecule has 1 atom stereocenters. The number of esters is 1. The molecular formula is C17H16N2O4. The molecule has 0 aliphatic rings. The lowest BCUT2D eigenvalue weighted by atomic mass is 10.1. The third-order valence-corrected chi connectivity index (χ3v) is 3.13. The summed E-state index contributed by atoms with van der Waals surface area (Å²) in [4.78, 5) is 38.9. The zero-order valence-corrected chi connectivity index (χ0v) is 12.8. The van der Waals surface area contributed by atoms with Crippen molar-refractivity contribution in [2.75, 3.05) is 5.32 Å². The van der Waals surface area contributed by atoms with Gasteiger partial charge < -0.3 is 10.1 Å². The smallest absolute Gasteiger partial charge is 0.339 e. The molecule has 0 fully saturated rings. The minimum atomic E-state index is -0.955. The second-order valence-electron chi connectivity index (χ2n) is 4.91. The highest BCUT2D eigenvalue weighted by Gasteiger charge is 2.19. The maximum absolute atomic E-state index is 12.0. The normalized spacial score (nSPS) is 11.4. The Morgan fingerprint density at radius 1 is 1.00 bits per heavy atom. The molecule has 0 radical (unpaired) electrons. The summed E-state index contributed by atoms with van der Waals surface area (Å²) >= 11 is 0. The maximum atomic E-state index is 12.0. The monoisotopic (exact) mass is 312 g/mol. The van der Waals surface area contributed by atoms with Crippen LogP contribution in [0, 0.1) is 0 Å². The van der Waals surface area contributed by atoms with E-state index in [0.29, 0.717) is 16.8 Å². The molecule has 1 amide bonds. The number of Topliss-reactive ketones (excluding diaryl/α,β-unsaturated/α-hetero) is 1. The lowest BCUT2D eigenvalue weighted by Gasteiger charge is -2.13. The first-order valence-corrected chi connectivity index (χ1v) is 7.00. The van der Waals surface area contributed by atoms with Gasteiger partial charge in [0.2, 0.25) is 0 Å². The third kappa shape index (κ3) is 4.47. The van der Waals surface area contributed by atoms with Crippen LogP contribution < -0.4 is 5.32 Å². The number of ether oxygens (including phenoxy) is 1. The van der Waals surface area contributed by atoms with Crippen molar-refractivity contribution in [1.29, 1.82) is 0 Å². The van der Waals surface area contributed by atoms with Crippen LogP contribution in [0.15, 0.2) is 48.8 Å². The van der Waals surface area contributed by atoms with Gasteiger partial charge in [0.15, 0.2) is 11.9 Å². The van der Waals surface area contributed by atoms with Gasteiger partial charge in [-0.1, -0.05) is 0 Å². The Balaban J connectivity index is 1.94. The summed E-state index contributed by atoms with van der Waals surface area (Å²) in [5, 5.41) is 2.62. The van der Waals surface area contributed by atoms with Crippen molar-refractivity contribution in [2.45, 2.75) is 20.0 Å². The van der Waals surface area contributed by atoms with Crippen molar-refractivity contribution in [3.05, 3.63) is 59.9 Å². The Labute approximate surface area is 133 Å². The van der Waals surface area contributed by atoms with Crippen LogP contribution in [-0.2, 0) is 9.53 Å². The fraction of sp³-hybridized carbons (Fsp3) is 0.176. The van der Waals surface area contributed by atoms with E-state index in [2.05, 4.69) is 10.3 Å². The van der Waals surface area contributed by atoms with Crippen molar-refractivity contribution in [1.82, 2.24) is 4.98 Å². The molecule has 0 aliphatic heterocycles. The van der Waals surface area contributed by atoms with Gasteiger partial charge in [-0.2, -0.15) is 0 Å². The van der Waals surface area contributed by atoms with Gasteiger partial charge in [-0.25, -0.2) is 4.79 Å². The Morgan fingerprint density at radius 3 is 2.17 bits per heavy atom. The van der Waals surface area contributed by atoms with E-state index >= 15 is 0 Å². The summed E-state index contributed by atoms with van der Waals surface area (Å²) in [5.74, 6) is -1.10. The van der Waals surface area contributed by atoms with E-state index in [9.17, 15) is 14.4 Å². The van der Waals surface area contributed by atoms with Gasteiger partial charge in [0.05, 0.1) is 5.56 Å². The van der Waals surface area contributed by atoms with Crippen LogP contribution in [0.1, 0.15) is 34.6 Å². The van der Waals surface area contributed by atoms with E-state index in [1.165, 1.54) is 38.4 Å². The van der Waals surface area contributed by atoms with E-state index in [1.54, 1.807) is 24.3 Å². The molecule has 1 heterocycles. The molecule has 6 heteroatoms. The minimum absolute atomic E-state index is 0.0532. The minimum Gasteiger partial charge on any atom is -0.449 e. The van der Waals surface area contributed by atoms with Gasteiger partial charge in [-0.3, -0.25) is 14.6 Å². The number of benzene rings is 1. The van der Waals surface area contributed by atoms with Crippen molar-refractivity contribution in [3.8, 4) is 0 Å². The van der Waals surface area contributed by atoms with Crippen LogP contribution in [0.5, 0.6) is 0 Å². The van der Waals surface area contributed by atoms with E-state index in [4.69, 9.17) is 4.74 Å². The van der Waals surface area contributed by atoms with Gasteiger partial charge in [0.25, 0.3) is 5.91 Å². The number of aromatic nitrogens is 1. The molecule has 0 spiro atoms. The maximum Gasteiger partial charge on any atom is 0.339 e. The van der Waals surface area contributed by atoms with E-state index in [1.807, 2.05) is 0 Å². The molecule has 0 saturated heterocycles. The number of amides is 1. The van der Waals surface area contributed by atoms with Crippen LogP contribution in [-0.4, -0.2) is 28.7 Å². The predicted octanol–water partition coefficient (Wildman–Crippen LogP) is 2.47. The number of hydrogen-bond donors (Lipinski definition) is 1. The van der Waals surface area contributed by atoms with Gasteiger partial charge >= 0.3 is 5.97 Å². The van der Waals surface area contributed by atoms with Gasteiger partial charge in [-0.05, 0) is 50.2 Å². The highest BCUT2D eigenvalue weighted by Crippen LogP contribution is 2.11. The van der Waals surface area contributed by atoms with Crippen LogP contribution in [0.2, 0.25) is 0 Å². The van der Waals surface area contributed by atoms with Gasteiger partial charge in [0, 0.05) is 23.6 Å². The largest absolute Gasteiger partial charge is 0.449 e. The molecule has 0 saturated carbocycles. The predicted molar refractivity (Wildman–Crippen MR) is 84.2 cm³/mol. The standard InChI is InChI=1S/C17H16N2O4/c1-11(20)13-3-5-15(6-4-13)19-16(21)12(2)23-17(22)14-7-9-18-10-8-14/h3-10,12H,1-2H3,(H,19,21)/t12-/m1/s1. The average Bonchev–Trinajstić information content (AvgIpc) is 2.56. The molecule has 6 nitrogen and oxygen atoms in total. The Kier molecular flexibility index (Phi) is 5.19. The van der Waals surface area contributed by atoms with E-state index < -0.39 is 18.0 Å². The molecule has 1 N–H and O–H groups in total. The molecule has 23 heavy (non-hydrogen) atoms. The van der Waals surface area contributed by atoms with Crippen molar-refractivity contribution >= 4 is 23.3 Å². The zero-order valence-electron chi connectivity index (χ0n) is 12.8. The number of nitrogens with zero attached hydrogens (tertiary/aromatic N) is 1. The zero-order chi connectivity index (χ0) is 16.8. The molecular weight excluding hydrogens is 296 g/mol. The first-order valence-electron chi connectivity index (χ1n) is 7.00. The number of carbonyl (C=O) groups excluding carboxylic acids is 3. The quantitative estimate of drug-likeness (QED) is 0.677. The second-order valence-corrected chi connectivity index (χ2v) is 4.91. The summed E-state index contributed by atoms with van der Waals surface area (Å²) in [5.41, 5.74) is 1.40. The second kappa shape index (κ2) is 7.31. The number of carbonyl (C=O) groups is 3. The lowest BCUT2D eigenvalue weighted by Crippen LogP contribution is -2.30. The molecule has 2 rings (SSSR count). The van der Waals surface area contributed by atoms with Crippen molar-refractivity contribution in [3.63, 3.8) is 0 Å². The summed E-state index contributed by atoms with van der Waals surface area (Å²) in [6, 6.07) is 9.48. The Bertz CT molecular complexity index is 711. The highest BCUT2D eigenvalue weighted by atomic mass is 16.5. The fourth-order valence-electron chi connectivity index (χ4n) is 1.80. The van der Waals surface area contributed by atoms with Crippen molar-refractivity contribution in [2.24, 2.45) is 0 Å². The van der Waals surface area contributed by atoms with Gasteiger partial charge in [0.1, 0.15) is 0 Å². The number of pyridine rings is 1. The molecule has 2 aromatic rings. The van der Waals surface area contributed by atoms with Crippen LogP contribution in [0.25, 0.3) is 0 Å². The summed E-state index contributed by atoms with van der Waals surface area (Å²) < 4.78 is 5.10. The summed E-state index contributed by atoms with van der Waals surface area (Å²) in [7, 11) is 0. The van der Waals surface area contributed by atoms with Crippen LogP contribution in [0.4, 0.5) is 5.69 Å². The number of anilines is 1. The fourth-order valence-corrected chi connectivity index (χ4v) is 1.80. The number of rotatable bonds is 5. The molecule has 0 aliphatic carbocycles. The lowest BCUT2D eigenvalue weighted by molar-refractivity contribution is -0.123. The van der Waals surface area contributed by atoms with Gasteiger partial charge in [-0.15, -0.1) is 0 Å². The molecule has 118 valence electrons. The highest BCUT2D eigenvalue weighted by molar-refractivity contribution is 5.98. The topological polar surface area (TPSA) is 85.4 Å². The molecule has 0 unspecified atom stereocenters. The van der Waals surface area contributed by atoms with E-state index in [0.717, 1.165) is 0 Å². The van der Waals surface area contributed by atoms with Crippen LogP contribution in [0.3, 0.4) is 0 Å².